The fourth-order valence-electron chi connectivity index (χ4n) is 1.97. The lowest BCUT2D eigenvalue weighted by atomic mass is 10.1. The number of nitrogens with one attached hydrogen (secondary N) is 1. The highest BCUT2D eigenvalue weighted by Crippen LogP contribution is 2.19. The molecule has 0 saturated heterocycles. The second kappa shape index (κ2) is 5.69. The third-order valence-electron chi connectivity index (χ3n) is 3.13. The van der Waals surface area contributed by atoms with Crippen LogP contribution in [0.1, 0.15) is 34.2 Å². The van der Waals surface area contributed by atoms with Gasteiger partial charge in [0.1, 0.15) is 0 Å². The highest BCUT2D eigenvalue weighted by atomic mass is 16.1. The van der Waals surface area contributed by atoms with Crippen LogP contribution in [0.2, 0.25) is 0 Å². The molecule has 2 aromatic rings. The minimum Gasteiger partial charge on any atom is -0.398 e. The van der Waals surface area contributed by atoms with Crippen molar-refractivity contribution in [2.45, 2.75) is 27.2 Å². The van der Waals surface area contributed by atoms with Gasteiger partial charge in [-0.1, -0.05) is 13.0 Å². The topological polar surface area (TPSA) is 80.9 Å². The van der Waals surface area contributed by atoms with Crippen LogP contribution in [0.4, 0.5) is 11.4 Å². The van der Waals surface area contributed by atoms with E-state index in [1.165, 1.54) is 0 Å². The monoisotopic (exact) mass is 270 g/mol. The Kier molecular flexibility index (Phi) is 3.98. The molecule has 1 heterocycles. The molecule has 0 fully saturated rings. The number of nitrogens with two attached hydrogens (primary N) is 1. The van der Waals surface area contributed by atoms with Gasteiger partial charge in [-0.05, 0) is 44.0 Å². The molecule has 1 aromatic heterocycles. The van der Waals surface area contributed by atoms with Crippen LogP contribution in [0.3, 0.4) is 0 Å². The number of anilines is 2. The first-order valence-electron chi connectivity index (χ1n) is 6.52. The number of hydrogen-bond donors (Lipinski definition) is 2. The van der Waals surface area contributed by atoms with Gasteiger partial charge in [-0.2, -0.15) is 10.2 Å². The summed E-state index contributed by atoms with van der Waals surface area (Å²) in [7, 11) is 0. The van der Waals surface area contributed by atoms with Crippen LogP contribution in [0.5, 0.6) is 0 Å². The van der Waals surface area contributed by atoms with Crippen molar-refractivity contribution in [3.63, 3.8) is 0 Å². The third-order valence-corrected chi connectivity index (χ3v) is 3.13. The van der Waals surface area contributed by atoms with Gasteiger partial charge >= 0.3 is 0 Å². The van der Waals surface area contributed by atoms with Crippen LogP contribution < -0.4 is 11.1 Å². The Bertz CT molecular complexity index is 652. The van der Waals surface area contributed by atoms with E-state index in [9.17, 15) is 4.79 Å². The first-order chi connectivity index (χ1) is 9.51. The van der Waals surface area contributed by atoms with Gasteiger partial charge in [-0.25, -0.2) is 0 Å². The Morgan fingerprint density at radius 1 is 1.25 bits per heavy atom. The Balaban J connectivity index is 2.23. The van der Waals surface area contributed by atoms with E-state index in [4.69, 9.17) is 5.73 Å². The number of aromatic nitrogens is 2. The van der Waals surface area contributed by atoms with Crippen LogP contribution in [-0.4, -0.2) is 16.1 Å². The Morgan fingerprint density at radius 3 is 2.65 bits per heavy atom. The molecule has 0 aliphatic carbocycles. The maximum atomic E-state index is 12.2. The fraction of sp³-hybridized carbons (Fsp3) is 0.267. The van der Waals surface area contributed by atoms with E-state index in [-0.39, 0.29) is 5.91 Å². The van der Waals surface area contributed by atoms with Crippen LogP contribution in [0.25, 0.3) is 0 Å². The van der Waals surface area contributed by atoms with Crippen molar-refractivity contribution in [3.05, 3.63) is 46.8 Å². The van der Waals surface area contributed by atoms with Crippen LogP contribution in [-0.2, 0) is 6.42 Å². The zero-order valence-corrected chi connectivity index (χ0v) is 11.9. The molecule has 0 unspecified atom stereocenters. The lowest BCUT2D eigenvalue weighted by molar-refractivity contribution is 0.102. The summed E-state index contributed by atoms with van der Waals surface area (Å²) in [5.74, 6) is -0.204. The van der Waals surface area contributed by atoms with E-state index in [1.54, 1.807) is 26.0 Å². The van der Waals surface area contributed by atoms with E-state index < -0.39 is 0 Å². The Hall–Kier alpha value is -2.43. The molecule has 5 nitrogen and oxygen atoms in total. The van der Waals surface area contributed by atoms with Crippen LogP contribution in [0, 0.1) is 13.8 Å². The van der Waals surface area contributed by atoms with Gasteiger partial charge < -0.3 is 11.1 Å². The number of hydrogen-bond acceptors (Lipinski definition) is 4. The summed E-state index contributed by atoms with van der Waals surface area (Å²) in [5, 5.41) is 10.7. The Morgan fingerprint density at radius 2 is 2.00 bits per heavy atom. The normalized spacial score (nSPS) is 10.3. The first kappa shape index (κ1) is 14.0. The molecule has 20 heavy (non-hydrogen) atoms. The van der Waals surface area contributed by atoms with Gasteiger partial charge in [0.05, 0.1) is 17.0 Å². The summed E-state index contributed by atoms with van der Waals surface area (Å²) in [6.07, 6.45) is 0.868. The van der Waals surface area contributed by atoms with Crippen molar-refractivity contribution in [2.24, 2.45) is 0 Å². The molecular weight excluding hydrogens is 252 g/mol. The summed E-state index contributed by atoms with van der Waals surface area (Å²) in [6.45, 7) is 5.60. The molecule has 2 rings (SSSR count). The van der Waals surface area contributed by atoms with Crippen molar-refractivity contribution in [1.29, 1.82) is 0 Å². The Labute approximate surface area is 118 Å². The molecule has 1 aromatic carbocycles. The average Bonchev–Trinajstić information content (AvgIpc) is 2.41. The van der Waals surface area contributed by atoms with Gasteiger partial charge in [0.15, 0.2) is 0 Å². The third kappa shape index (κ3) is 2.93. The molecule has 0 aliphatic rings. The fourth-order valence-corrected chi connectivity index (χ4v) is 1.97. The van der Waals surface area contributed by atoms with Crippen molar-refractivity contribution in [3.8, 4) is 0 Å². The van der Waals surface area contributed by atoms with Crippen molar-refractivity contribution >= 4 is 17.3 Å². The number of benzene rings is 1. The maximum Gasteiger partial charge on any atom is 0.257 e. The van der Waals surface area contributed by atoms with Gasteiger partial charge in [0.25, 0.3) is 5.91 Å². The largest absolute Gasteiger partial charge is 0.398 e. The van der Waals surface area contributed by atoms with Gasteiger partial charge in [0, 0.05) is 11.4 Å². The molecule has 104 valence electrons. The molecule has 0 radical (unpaired) electrons. The average molecular weight is 270 g/mol. The molecule has 0 saturated carbocycles. The predicted octanol–water partition coefficient (Wildman–Crippen LogP) is 2.49. The van der Waals surface area contributed by atoms with E-state index in [2.05, 4.69) is 15.5 Å². The quantitative estimate of drug-likeness (QED) is 0.840. The smallest absolute Gasteiger partial charge is 0.257 e. The standard InChI is InChI=1S/C15H18N4O/c1-4-11-5-6-12(8-14(11)16)17-15(20)13-7-9(2)18-19-10(13)3/h5-8H,4,16H2,1-3H3,(H,17,20). The number of nitrogens with zero attached hydrogens (tertiary/aromatic N) is 2. The van der Waals surface area contributed by atoms with Gasteiger partial charge in [0.2, 0.25) is 0 Å². The second-order valence-corrected chi connectivity index (χ2v) is 4.71. The summed E-state index contributed by atoms with van der Waals surface area (Å²) >= 11 is 0. The molecular formula is C15H18N4O. The number of amides is 1. The zero-order valence-electron chi connectivity index (χ0n) is 11.9. The summed E-state index contributed by atoms with van der Waals surface area (Å²) in [6, 6.07) is 7.27. The number of nitrogen functional groups attached to an aromatic ring is 1. The van der Waals surface area contributed by atoms with Gasteiger partial charge in [-0.15, -0.1) is 0 Å². The number of carbonyl (C=O) groups excluding carboxylic acids is 1. The van der Waals surface area contributed by atoms with E-state index in [1.807, 2.05) is 19.1 Å². The van der Waals surface area contributed by atoms with Crippen molar-refractivity contribution in [1.82, 2.24) is 10.2 Å². The minimum atomic E-state index is -0.204. The molecule has 1 amide bonds. The van der Waals surface area contributed by atoms with Crippen molar-refractivity contribution in [2.75, 3.05) is 11.1 Å². The molecule has 0 bridgehead atoms. The lowest BCUT2D eigenvalue weighted by Crippen LogP contribution is -2.15. The summed E-state index contributed by atoms with van der Waals surface area (Å²) < 4.78 is 0. The maximum absolute atomic E-state index is 12.2. The van der Waals surface area contributed by atoms with E-state index >= 15 is 0 Å². The number of rotatable bonds is 3. The first-order valence-corrected chi connectivity index (χ1v) is 6.52. The molecule has 5 heteroatoms. The van der Waals surface area contributed by atoms with E-state index in [0.29, 0.717) is 28.3 Å². The summed E-state index contributed by atoms with van der Waals surface area (Å²) in [4.78, 5) is 12.2. The SMILES string of the molecule is CCc1ccc(NC(=O)c2cc(C)nnc2C)cc1N. The molecule has 0 aliphatic heterocycles. The van der Waals surface area contributed by atoms with Crippen LogP contribution in [0.15, 0.2) is 24.3 Å². The predicted molar refractivity (Wildman–Crippen MR) is 79.7 cm³/mol. The molecule has 0 spiro atoms. The zero-order chi connectivity index (χ0) is 14.7. The molecule has 3 N–H and O–H groups in total. The highest BCUT2D eigenvalue weighted by Gasteiger charge is 2.11. The number of carbonyl (C=O) groups is 1. The second-order valence-electron chi connectivity index (χ2n) is 4.71. The minimum absolute atomic E-state index is 0.204. The summed E-state index contributed by atoms with van der Waals surface area (Å²) in [5.41, 5.74) is 10.2. The van der Waals surface area contributed by atoms with Crippen LogP contribution >= 0.6 is 0 Å². The molecule has 0 atom stereocenters. The van der Waals surface area contributed by atoms with Gasteiger partial charge in [-0.3, -0.25) is 4.79 Å². The van der Waals surface area contributed by atoms with E-state index in [0.717, 1.165) is 12.0 Å². The number of aryl methyl sites for hydroxylation is 3. The van der Waals surface area contributed by atoms with Crippen molar-refractivity contribution < 1.29 is 4.79 Å². The highest BCUT2D eigenvalue weighted by molar-refractivity contribution is 6.05. The lowest BCUT2D eigenvalue weighted by Gasteiger charge is -2.09.